The maximum atomic E-state index is 15.8. The number of piperidine rings is 2. The molecule has 3 aromatic carbocycles. The van der Waals surface area contributed by atoms with E-state index in [1.165, 1.54) is 12.6 Å². The number of anilines is 3. The number of nitrogens with one attached hydrogen (secondary N) is 3. The topological polar surface area (TPSA) is 154 Å². The van der Waals surface area contributed by atoms with E-state index < -0.39 is 51.1 Å². The van der Waals surface area contributed by atoms with Crippen LogP contribution in [0, 0.1) is 23.0 Å². The van der Waals surface area contributed by atoms with Crippen molar-refractivity contribution in [2.75, 3.05) is 73.4 Å². The second kappa shape index (κ2) is 17.1. The Hall–Kier alpha value is -6.24. The van der Waals surface area contributed by atoms with E-state index in [1.54, 1.807) is 17.2 Å². The third-order valence-corrected chi connectivity index (χ3v) is 16.5. The third-order valence-electron chi connectivity index (χ3n) is 15.0. The lowest BCUT2D eigenvalue weighted by molar-refractivity contribution is -0.126. The summed E-state index contributed by atoms with van der Waals surface area (Å²) in [6.45, 7) is 11.0. The minimum atomic E-state index is -4.35. The SMILES string of the molecule is C=C1CCC(N2Cc3cc(N4CC5(CCN(CC6CCN(c7ccc(-c8cnc9[nH]cc(C(=O)c%10c(F)ccc(NS(=O)(=O)N%11CC[C@@H](F)C%11)c%10F)c9c8)cc7)CC6)C5)C4)ccc3C2=O)C(=O)N1. The molecule has 14 nitrogen and oxygen atoms in total. The molecule has 6 aliphatic heterocycles. The molecule has 354 valence electrons. The molecular weight excluding hydrogens is 896 g/mol. The van der Waals surface area contributed by atoms with E-state index in [-0.39, 0.29) is 42.3 Å². The van der Waals surface area contributed by atoms with E-state index in [0.717, 1.165) is 97.6 Å². The number of rotatable bonds is 11. The molecule has 0 saturated carbocycles. The van der Waals surface area contributed by atoms with Gasteiger partial charge in [0.15, 0.2) is 5.82 Å². The van der Waals surface area contributed by atoms with Crippen LogP contribution in [0.3, 0.4) is 0 Å². The zero-order valence-electron chi connectivity index (χ0n) is 37.4. The Kier molecular flexibility index (Phi) is 11.1. The van der Waals surface area contributed by atoms with Crippen LogP contribution in [0.4, 0.5) is 30.2 Å². The Labute approximate surface area is 392 Å². The summed E-state index contributed by atoms with van der Waals surface area (Å²) < 4.78 is 73.2. The van der Waals surface area contributed by atoms with Crippen molar-refractivity contribution in [2.24, 2.45) is 11.3 Å². The normalized spacial score (nSPS) is 22.3. The molecule has 5 fully saturated rings. The second-order valence-electron chi connectivity index (χ2n) is 19.5. The first-order valence-corrected chi connectivity index (χ1v) is 24.8. The van der Waals surface area contributed by atoms with Crippen molar-refractivity contribution in [1.29, 1.82) is 0 Å². The van der Waals surface area contributed by atoms with Crippen LogP contribution in [0.2, 0.25) is 0 Å². The number of likely N-dealkylation sites (tertiary alicyclic amines) is 1. The Morgan fingerprint density at radius 3 is 2.43 bits per heavy atom. The van der Waals surface area contributed by atoms with Crippen LogP contribution in [0.1, 0.15) is 70.4 Å². The number of hydrogen-bond donors (Lipinski definition) is 3. The van der Waals surface area contributed by atoms with Crippen molar-refractivity contribution in [3.63, 3.8) is 0 Å². The Morgan fingerprint density at radius 1 is 0.897 bits per heavy atom. The first-order valence-electron chi connectivity index (χ1n) is 23.4. The van der Waals surface area contributed by atoms with E-state index in [4.69, 9.17) is 0 Å². The zero-order chi connectivity index (χ0) is 47.1. The zero-order valence-corrected chi connectivity index (χ0v) is 38.3. The maximum Gasteiger partial charge on any atom is 0.301 e. The van der Waals surface area contributed by atoms with Gasteiger partial charge in [-0.15, -0.1) is 0 Å². The van der Waals surface area contributed by atoms with Crippen LogP contribution >= 0.6 is 0 Å². The molecule has 6 aliphatic rings. The Balaban J connectivity index is 0.679. The van der Waals surface area contributed by atoms with Gasteiger partial charge in [-0.25, -0.2) is 18.2 Å². The summed E-state index contributed by atoms with van der Waals surface area (Å²) in [6, 6.07) is 17.3. The fourth-order valence-electron chi connectivity index (χ4n) is 11.3. The maximum absolute atomic E-state index is 15.8. The van der Waals surface area contributed by atoms with Gasteiger partial charge >= 0.3 is 10.2 Å². The average Bonchev–Trinajstić information content (AvgIpc) is 4.13. The number of carbonyl (C=O) groups is 3. The van der Waals surface area contributed by atoms with Gasteiger partial charge in [-0.05, 0) is 111 Å². The van der Waals surface area contributed by atoms with Crippen LogP contribution < -0.4 is 19.8 Å². The summed E-state index contributed by atoms with van der Waals surface area (Å²) >= 11 is 0. The highest BCUT2D eigenvalue weighted by atomic mass is 32.2. The van der Waals surface area contributed by atoms with Gasteiger partial charge in [-0.3, -0.25) is 19.1 Å². The van der Waals surface area contributed by atoms with Gasteiger partial charge < -0.3 is 29.9 Å². The highest BCUT2D eigenvalue weighted by Gasteiger charge is 2.48. The van der Waals surface area contributed by atoms with E-state index in [2.05, 4.69) is 65.6 Å². The number of hydrogen-bond acceptors (Lipinski definition) is 9. The van der Waals surface area contributed by atoms with Gasteiger partial charge in [-0.2, -0.15) is 12.7 Å². The molecule has 2 aromatic heterocycles. The van der Waals surface area contributed by atoms with Crippen LogP contribution in [-0.4, -0.2) is 121 Å². The Bertz CT molecular complexity index is 2990. The molecular formula is C50H52F3N9O5S. The lowest BCUT2D eigenvalue weighted by Crippen LogP contribution is -2.58. The van der Waals surface area contributed by atoms with Gasteiger partial charge in [-0.1, -0.05) is 18.7 Å². The standard InChI is InChI=1S/C50H52F3N9O5S/c1-30-2-11-43(48(64)56-30)62-25-34-20-37(7-8-38(34)49(62)65)60-28-50(29-60)15-19-58(27-50)24-31-12-16-59(17-13-31)36-5-3-32(4-6-36)33-21-39-40(23-55-47(39)54-22-33)46(63)44-41(52)9-10-42(45(44)53)57-68(66,67)61-18-14-35(51)26-61/h3-10,20-23,31,35,43,57H,1-2,11-19,24-29H2,(H,54,55)(H,56,64)/t35-,43?/m1/s1. The van der Waals surface area contributed by atoms with Crippen LogP contribution in [0.5, 0.6) is 0 Å². The fraction of sp³-hybridized carbons (Fsp3) is 0.400. The highest BCUT2D eigenvalue weighted by molar-refractivity contribution is 7.90. The molecule has 0 aliphatic carbocycles. The number of fused-ring (bicyclic) bond motifs is 2. The number of alkyl halides is 1. The molecule has 3 N–H and O–H groups in total. The average molecular weight is 948 g/mol. The summed E-state index contributed by atoms with van der Waals surface area (Å²) in [4.78, 5) is 56.3. The van der Waals surface area contributed by atoms with Crippen molar-refractivity contribution in [1.82, 2.24) is 29.4 Å². The smallest absolute Gasteiger partial charge is 0.301 e. The van der Waals surface area contributed by atoms with Gasteiger partial charge in [0.2, 0.25) is 11.7 Å². The lowest BCUT2D eigenvalue weighted by atomic mass is 9.78. The van der Waals surface area contributed by atoms with Gasteiger partial charge in [0.25, 0.3) is 5.91 Å². The molecule has 2 atom stereocenters. The van der Waals surface area contributed by atoms with E-state index in [9.17, 15) is 27.2 Å². The summed E-state index contributed by atoms with van der Waals surface area (Å²) in [5.74, 6) is -3.13. The van der Waals surface area contributed by atoms with E-state index in [1.807, 2.05) is 18.2 Å². The number of ketones is 1. The van der Waals surface area contributed by atoms with Crippen molar-refractivity contribution in [2.45, 2.75) is 57.3 Å². The van der Waals surface area contributed by atoms with Crippen LogP contribution in [-0.2, 0) is 21.5 Å². The highest BCUT2D eigenvalue weighted by Crippen LogP contribution is 2.44. The van der Waals surface area contributed by atoms with Crippen LogP contribution in [0.25, 0.3) is 22.2 Å². The molecule has 18 heteroatoms. The second-order valence-corrected chi connectivity index (χ2v) is 21.2. The number of benzene rings is 3. The molecule has 8 heterocycles. The molecule has 68 heavy (non-hydrogen) atoms. The predicted octanol–water partition coefficient (Wildman–Crippen LogP) is 6.62. The molecule has 0 bridgehead atoms. The molecule has 5 aromatic rings. The monoisotopic (exact) mass is 947 g/mol. The van der Waals surface area contributed by atoms with Crippen molar-refractivity contribution < 1.29 is 36.0 Å². The van der Waals surface area contributed by atoms with E-state index >= 15 is 8.78 Å². The number of aromatic nitrogens is 2. The number of nitrogens with zero attached hydrogens (tertiary/aromatic N) is 6. The first kappa shape index (κ1) is 44.3. The largest absolute Gasteiger partial charge is 0.372 e. The first-order chi connectivity index (χ1) is 32.7. The molecule has 1 spiro atoms. The Morgan fingerprint density at radius 2 is 1.68 bits per heavy atom. The van der Waals surface area contributed by atoms with E-state index in [0.29, 0.717) is 53.2 Å². The molecule has 2 amide bonds. The number of H-pyrrole nitrogens is 1. The molecule has 11 rings (SSSR count). The van der Waals surface area contributed by atoms with Crippen molar-refractivity contribution >= 4 is 55.9 Å². The van der Waals surface area contributed by atoms with Crippen molar-refractivity contribution in [3.8, 4) is 11.1 Å². The van der Waals surface area contributed by atoms with Crippen LogP contribution in [0.15, 0.2) is 85.3 Å². The molecule has 0 radical (unpaired) electrons. The minimum Gasteiger partial charge on any atom is -0.372 e. The quantitative estimate of drug-likeness (QED) is 0.124. The summed E-state index contributed by atoms with van der Waals surface area (Å²) in [5, 5.41) is 3.16. The lowest BCUT2D eigenvalue weighted by Gasteiger charge is -2.50. The summed E-state index contributed by atoms with van der Waals surface area (Å²) in [6.07, 6.45) is 6.30. The predicted molar refractivity (Wildman–Crippen MR) is 252 cm³/mol. The number of amides is 2. The van der Waals surface area contributed by atoms with Gasteiger partial charge in [0.1, 0.15) is 23.7 Å². The summed E-state index contributed by atoms with van der Waals surface area (Å²) in [7, 11) is -4.35. The molecule has 5 saturated heterocycles. The summed E-state index contributed by atoms with van der Waals surface area (Å²) in [5.41, 5.74) is 5.23. The number of allylic oxidation sites excluding steroid dienone is 1. The fourth-order valence-corrected chi connectivity index (χ4v) is 12.5. The number of aromatic amines is 1. The van der Waals surface area contributed by atoms with Gasteiger partial charge in [0.05, 0.1) is 11.3 Å². The minimum absolute atomic E-state index is 0.00814. The number of carbonyl (C=O) groups excluding carboxylic acids is 3. The van der Waals surface area contributed by atoms with Gasteiger partial charge in [0, 0.05) is 116 Å². The number of halogens is 3. The number of pyridine rings is 1. The molecule has 1 unspecified atom stereocenters. The third kappa shape index (κ3) is 8.08. The van der Waals surface area contributed by atoms with Crippen molar-refractivity contribution in [3.05, 3.63) is 119 Å².